The van der Waals surface area contributed by atoms with Gasteiger partial charge >= 0.3 is 0 Å². The lowest BCUT2D eigenvalue weighted by Crippen LogP contribution is -2.45. The van der Waals surface area contributed by atoms with Gasteiger partial charge in [-0.25, -0.2) is 0 Å². The van der Waals surface area contributed by atoms with Gasteiger partial charge in [0.25, 0.3) is 11.6 Å². The highest BCUT2D eigenvalue weighted by Crippen LogP contribution is 2.34. The van der Waals surface area contributed by atoms with Crippen LogP contribution in [0.2, 0.25) is 0 Å². The molecule has 120 valence electrons. The molecule has 2 N–H and O–H groups in total. The zero-order valence-electron chi connectivity index (χ0n) is 12.5. The lowest BCUT2D eigenvalue weighted by atomic mass is 10.1. The fraction of sp³-hybridized carbons (Fsp3) is 0.500. The third-order valence-electron chi connectivity index (χ3n) is 3.58. The Morgan fingerprint density at radius 2 is 2.05 bits per heavy atom. The zero-order chi connectivity index (χ0) is 16.1. The number of nitro groups is 1. The second-order valence-corrected chi connectivity index (χ2v) is 5.00. The second-order valence-electron chi connectivity index (χ2n) is 5.00. The van der Waals surface area contributed by atoms with Crippen molar-refractivity contribution in [2.45, 2.75) is 18.9 Å². The Bertz CT molecular complexity index is 570. The fourth-order valence-electron chi connectivity index (χ4n) is 2.44. The van der Waals surface area contributed by atoms with Crippen LogP contribution in [-0.2, 0) is 0 Å². The van der Waals surface area contributed by atoms with Crippen molar-refractivity contribution in [3.05, 3.63) is 27.8 Å². The molecule has 1 aliphatic rings. The fourth-order valence-corrected chi connectivity index (χ4v) is 2.44. The number of amides is 1. The van der Waals surface area contributed by atoms with E-state index in [0.717, 1.165) is 19.4 Å². The Kier molecular flexibility index (Phi) is 5.16. The molecule has 22 heavy (non-hydrogen) atoms. The second kappa shape index (κ2) is 7.08. The highest BCUT2D eigenvalue weighted by molar-refractivity contribution is 5.99. The minimum Gasteiger partial charge on any atom is -0.493 e. The van der Waals surface area contributed by atoms with E-state index in [0.29, 0.717) is 6.54 Å². The number of hydrogen-bond donors (Lipinski definition) is 2. The Morgan fingerprint density at radius 3 is 2.59 bits per heavy atom. The molecule has 8 heteroatoms. The summed E-state index contributed by atoms with van der Waals surface area (Å²) in [7, 11) is 2.80. The van der Waals surface area contributed by atoms with Gasteiger partial charge in [-0.05, 0) is 19.4 Å². The quantitative estimate of drug-likeness (QED) is 0.623. The number of rotatable bonds is 5. The predicted octanol–water partition coefficient (Wildman–Crippen LogP) is 1.09. The summed E-state index contributed by atoms with van der Waals surface area (Å²) in [5.41, 5.74) is -0.341. The van der Waals surface area contributed by atoms with Crippen molar-refractivity contribution in [1.82, 2.24) is 10.6 Å². The SMILES string of the molecule is COc1cc(C(=O)N[C@H]2CCCNC2)c([N+](=O)[O-])cc1OC. The van der Waals surface area contributed by atoms with Gasteiger partial charge in [0.2, 0.25) is 0 Å². The van der Waals surface area contributed by atoms with Gasteiger partial charge in [-0.3, -0.25) is 14.9 Å². The molecule has 0 aromatic heterocycles. The van der Waals surface area contributed by atoms with Crippen molar-refractivity contribution in [2.75, 3.05) is 27.3 Å². The number of nitrogens with zero attached hydrogens (tertiary/aromatic N) is 1. The normalized spacial score (nSPS) is 17.6. The molecule has 2 rings (SSSR count). The highest BCUT2D eigenvalue weighted by Gasteiger charge is 2.26. The molecule has 0 bridgehead atoms. The molecule has 0 aliphatic carbocycles. The monoisotopic (exact) mass is 309 g/mol. The minimum atomic E-state index is -0.601. The summed E-state index contributed by atoms with van der Waals surface area (Å²) in [6, 6.07) is 2.50. The maximum atomic E-state index is 12.4. The molecule has 0 unspecified atom stereocenters. The van der Waals surface area contributed by atoms with E-state index in [4.69, 9.17) is 9.47 Å². The van der Waals surface area contributed by atoms with Crippen LogP contribution < -0.4 is 20.1 Å². The Morgan fingerprint density at radius 1 is 1.36 bits per heavy atom. The molecule has 1 amide bonds. The number of benzene rings is 1. The van der Waals surface area contributed by atoms with Crippen molar-refractivity contribution in [1.29, 1.82) is 0 Å². The zero-order valence-corrected chi connectivity index (χ0v) is 12.5. The Hall–Kier alpha value is -2.35. The summed E-state index contributed by atoms with van der Waals surface area (Å²) in [5.74, 6) is 0.00598. The lowest BCUT2D eigenvalue weighted by Gasteiger charge is -2.23. The Balaban J connectivity index is 2.30. The molecule has 0 spiro atoms. The molecule has 0 radical (unpaired) electrons. The van der Waals surface area contributed by atoms with Crippen molar-refractivity contribution in [3.63, 3.8) is 0 Å². The van der Waals surface area contributed by atoms with Crippen LogP contribution in [0.15, 0.2) is 12.1 Å². The molecular formula is C14H19N3O5. The summed E-state index contributed by atoms with van der Waals surface area (Å²) in [4.78, 5) is 23.0. The highest BCUT2D eigenvalue weighted by atomic mass is 16.6. The van der Waals surface area contributed by atoms with Crippen molar-refractivity contribution < 1.29 is 19.2 Å². The first-order chi connectivity index (χ1) is 10.6. The van der Waals surface area contributed by atoms with Crippen LogP contribution in [0.4, 0.5) is 5.69 Å². The predicted molar refractivity (Wildman–Crippen MR) is 79.6 cm³/mol. The number of nitro benzene ring substituents is 1. The maximum Gasteiger partial charge on any atom is 0.286 e. The van der Waals surface area contributed by atoms with Crippen LogP contribution in [-0.4, -0.2) is 44.2 Å². The first-order valence-electron chi connectivity index (χ1n) is 6.98. The summed E-state index contributed by atoms with van der Waals surface area (Å²) in [6.07, 6.45) is 1.80. The van der Waals surface area contributed by atoms with Gasteiger partial charge in [-0.1, -0.05) is 0 Å². The van der Waals surface area contributed by atoms with Crippen LogP contribution in [0.3, 0.4) is 0 Å². The third kappa shape index (κ3) is 3.45. The van der Waals surface area contributed by atoms with Gasteiger partial charge in [0.15, 0.2) is 11.5 Å². The molecule has 8 nitrogen and oxygen atoms in total. The molecule has 1 aromatic rings. The van der Waals surface area contributed by atoms with E-state index in [2.05, 4.69) is 10.6 Å². The van der Waals surface area contributed by atoms with Gasteiger partial charge in [0.05, 0.1) is 25.2 Å². The van der Waals surface area contributed by atoms with Crippen LogP contribution in [0.5, 0.6) is 11.5 Å². The van der Waals surface area contributed by atoms with E-state index in [9.17, 15) is 14.9 Å². The van der Waals surface area contributed by atoms with E-state index in [1.54, 1.807) is 0 Å². The van der Waals surface area contributed by atoms with Crippen LogP contribution in [0.1, 0.15) is 23.2 Å². The minimum absolute atomic E-state index is 0.0334. The molecule has 1 saturated heterocycles. The number of carbonyl (C=O) groups excluding carboxylic acids is 1. The molecular weight excluding hydrogens is 290 g/mol. The summed E-state index contributed by atoms with van der Waals surface area (Å²) in [5, 5.41) is 17.2. The molecule has 1 atom stereocenters. The number of methoxy groups -OCH3 is 2. The van der Waals surface area contributed by atoms with E-state index < -0.39 is 10.8 Å². The molecule has 1 heterocycles. The van der Waals surface area contributed by atoms with E-state index in [-0.39, 0.29) is 28.8 Å². The summed E-state index contributed by atoms with van der Waals surface area (Å²) < 4.78 is 10.2. The van der Waals surface area contributed by atoms with Crippen LogP contribution >= 0.6 is 0 Å². The van der Waals surface area contributed by atoms with Gasteiger partial charge in [-0.2, -0.15) is 0 Å². The number of nitrogens with one attached hydrogen (secondary N) is 2. The Labute approximate surface area is 127 Å². The van der Waals surface area contributed by atoms with Crippen molar-refractivity contribution in [3.8, 4) is 11.5 Å². The number of hydrogen-bond acceptors (Lipinski definition) is 6. The largest absolute Gasteiger partial charge is 0.493 e. The average molecular weight is 309 g/mol. The molecule has 1 aliphatic heterocycles. The molecule has 0 saturated carbocycles. The lowest BCUT2D eigenvalue weighted by molar-refractivity contribution is -0.385. The molecule has 1 fully saturated rings. The molecule has 1 aromatic carbocycles. The average Bonchev–Trinajstić information content (AvgIpc) is 2.54. The third-order valence-corrected chi connectivity index (χ3v) is 3.58. The van der Waals surface area contributed by atoms with E-state index in [1.807, 2.05) is 0 Å². The smallest absolute Gasteiger partial charge is 0.286 e. The van der Waals surface area contributed by atoms with Gasteiger partial charge in [-0.15, -0.1) is 0 Å². The maximum absolute atomic E-state index is 12.4. The first kappa shape index (κ1) is 16.0. The van der Waals surface area contributed by atoms with Gasteiger partial charge < -0.3 is 20.1 Å². The topological polar surface area (TPSA) is 103 Å². The number of ether oxygens (including phenoxy) is 2. The van der Waals surface area contributed by atoms with Crippen molar-refractivity contribution >= 4 is 11.6 Å². The van der Waals surface area contributed by atoms with Crippen LogP contribution in [0, 0.1) is 10.1 Å². The van der Waals surface area contributed by atoms with Gasteiger partial charge in [0.1, 0.15) is 5.56 Å². The van der Waals surface area contributed by atoms with Crippen LogP contribution in [0.25, 0.3) is 0 Å². The van der Waals surface area contributed by atoms with Gasteiger partial charge in [0, 0.05) is 18.7 Å². The standard InChI is InChI=1S/C14H19N3O5/c1-21-12-6-10(11(17(19)20)7-13(12)22-2)14(18)16-9-4-3-5-15-8-9/h6-7,9,15H,3-5,8H2,1-2H3,(H,16,18)/t9-/m0/s1. The van der Waals surface area contributed by atoms with E-state index in [1.165, 1.54) is 26.4 Å². The number of piperidine rings is 1. The number of carbonyl (C=O) groups is 1. The summed E-state index contributed by atoms with van der Waals surface area (Å²) in [6.45, 7) is 1.58. The first-order valence-corrected chi connectivity index (χ1v) is 6.98. The van der Waals surface area contributed by atoms with E-state index >= 15 is 0 Å². The van der Waals surface area contributed by atoms with Crippen molar-refractivity contribution in [2.24, 2.45) is 0 Å². The summed E-state index contributed by atoms with van der Waals surface area (Å²) >= 11 is 0.